The van der Waals surface area contributed by atoms with Gasteiger partial charge >= 0.3 is 0 Å². The molecule has 6 nitrogen and oxygen atoms in total. The zero-order chi connectivity index (χ0) is 26.4. The fourth-order valence-electron chi connectivity index (χ4n) is 6.00. The van der Waals surface area contributed by atoms with Gasteiger partial charge in [0.15, 0.2) is 5.65 Å². The van der Waals surface area contributed by atoms with E-state index < -0.39 is 0 Å². The highest BCUT2D eigenvalue weighted by Gasteiger charge is 2.36. The number of allylic oxidation sites excluding steroid dienone is 3. The molecule has 2 fully saturated rings. The zero-order valence-corrected chi connectivity index (χ0v) is 21.9. The van der Waals surface area contributed by atoms with Gasteiger partial charge in [-0.05, 0) is 80.2 Å². The molecular weight excluding hydrogens is 489 g/mol. The molecule has 2 N–H and O–H groups in total. The Bertz CT molecular complexity index is 1610. The van der Waals surface area contributed by atoms with Crippen LogP contribution < -0.4 is 10.6 Å². The molecule has 7 heteroatoms. The van der Waals surface area contributed by atoms with Gasteiger partial charge in [-0.1, -0.05) is 30.3 Å². The predicted molar refractivity (Wildman–Crippen MR) is 154 cm³/mol. The first-order valence-electron chi connectivity index (χ1n) is 13.9. The summed E-state index contributed by atoms with van der Waals surface area (Å²) in [6.07, 6.45) is 9.27. The van der Waals surface area contributed by atoms with E-state index in [9.17, 15) is 0 Å². The van der Waals surface area contributed by atoms with Crippen LogP contribution in [0.1, 0.15) is 32.1 Å². The lowest BCUT2D eigenvalue weighted by Crippen LogP contribution is -2.48. The Labute approximate surface area is 227 Å². The maximum Gasteiger partial charge on any atom is 0.165 e. The van der Waals surface area contributed by atoms with Crippen molar-refractivity contribution >= 4 is 22.5 Å². The third kappa shape index (κ3) is 4.36. The number of hydrogen-bond acceptors (Lipinski definition) is 5. The smallest absolute Gasteiger partial charge is 0.165 e. The SMILES string of the molecule is NC1(C2=CC=C(n3c(-c4ccccc4F)nc4ccc(-c5cccc(N6CCOCC6)c5)nc43)CC2)CCC1. The summed E-state index contributed by atoms with van der Waals surface area (Å²) >= 11 is 0. The number of imidazole rings is 1. The topological polar surface area (TPSA) is 69.2 Å². The third-order valence-electron chi connectivity index (χ3n) is 8.44. The molecule has 0 unspecified atom stereocenters. The second kappa shape index (κ2) is 9.74. The van der Waals surface area contributed by atoms with Gasteiger partial charge in [0, 0.05) is 35.6 Å². The molecule has 2 aliphatic carbocycles. The van der Waals surface area contributed by atoms with Gasteiger partial charge in [-0.25, -0.2) is 14.4 Å². The summed E-state index contributed by atoms with van der Waals surface area (Å²) in [5, 5.41) is 0. The van der Waals surface area contributed by atoms with Crippen molar-refractivity contribution in [3.8, 4) is 22.6 Å². The maximum absolute atomic E-state index is 15.1. The van der Waals surface area contributed by atoms with E-state index in [0.29, 0.717) is 11.4 Å². The molecule has 0 spiro atoms. The molecule has 3 heterocycles. The van der Waals surface area contributed by atoms with Gasteiger partial charge in [0.05, 0.1) is 24.5 Å². The number of aromatic nitrogens is 3. The second-order valence-corrected chi connectivity index (χ2v) is 10.8. The molecule has 1 aliphatic heterocycles. The summed E-state index contributed by atoms with van der Waals surface area (Å²) in [5.41, 5.74) is 13.8. The summed E-state index contributed by atoms with van der Waals surface area (Å²) in [6.45, 7) is 3.23. The molecule has 7 rings (SSSR count). The predicted octanol–water partition coefficient (Wildman–Crippen LogP) is 6.18. The molecule has 1 saturated carbocycles. The van der Waals surface area contributed by atoms with E-state index in [1.54, 1.807) is 12.1 Å². The van der Waals surface area contributed by atoms with Gasteiger partial charge in [0.1, 0.15) is 17.2 Å². The minimum atomic E-state index is -0.296. The van der Waals surface area contributed by atoms with Crippen LogP contribution in [0.5, 0.6) is 0 Å². The number of nitrogens with two attached hydrogens (primary N) is 1. The second-order valence-electron chi connectivity index (χ2n) is 10.8. The Kier molecular flexibility index (Phi) is 6.05. The normalized spacial score (nSPS) is 19.0. The molecule has 0 radical (unpaired) electrons. The fraction of sp³-hybridized carbons (Fsp3) is 0.312. The van der Waals surface area contributed by atoms with Gasteiger partial charge in [0.2, 0.25) is 0 Å². The number of rotatable bonds is 5. The van der Waals surface area contributed by atoms with Crippen LogP contribution in [-0.4, -0.2) is 46.4 Å². The number of morpholine rings is 1. The first kappa shape index (κ1) is 24.2. The van der Waals surface area contributed by atoms with Gasteiger partial charge in [0.25, 0.3) is 0 Å². The Morgan fingerprint density at radius 2 is 1.74 bits per heavy atom. The molecule has 198 valence electrons. The third-order valence-corrected chi connectivity index (χ3v) is 8.44. The molecule has 4 aromatic rings. The van der Waals surface area contributed by atoms with Crippen LogP contribution >= 0.6 is 0 Å². The Balaban J connectivity index is 1.35. The van der Waals surface area contributed by atoms with E-state index in [1.807, 2.05) is 22.8 Å². The lowest BCUT2D eigenvalue weighted by molar-refractivity contribution is 0.122. The monoisotopic (exact) mass is 521 g/mol. The van der Waals surface area contributed by atoms with E-state index in [1.165, 1.54) is 18.1 Å². The quantitative estimate of drug-likeness (QED) is 0.340. The maximum atomic E-state index is 15.1. The van der Waals surface area contributed by atoms with Crippen LogP contribution in [0.15, 0.2) is 78.4 Å². The van der Waals surface area contributed by atoms with Crippen molar-refractivity contribution in [1.29, 1.82) is 0 Å². The van der Waals surface area contributed by atoms with Crippen molar-refractivity contribution in [2.45, 2.75) is 37.6 Å². The van der Waals surface area contributed by atoms with E-state index >= 15 is 4.39 Å². The molecule has 0 amide bonds. The molecule has 2 aromatic carbocycles. The molecule has 3 aliphatic rings. The molecule has 1 saturated heterocycles. The van der Waals surface area contributed by atoms with Crippen LogP contribution in [0.25, 0.3) is 39.5 Å². The van der Waals surface area contributed by atoms with Gasteiger partial charge in [-0.2, -0.15) is 0 Å². The number of pyridine rings is 1. The molecule has 39 heavy (non-hydrogen) atoms. The molecule has 0 atom stereocenters. The van der Waals surface area contributed by atoms with Crippen LogP contribution in [0.4, 0.5) is 10.1 Å². The van der Waals surface area contributed by atoms with Crippen LogP contribution in [-0.2, 0) is 4.74 Å². The molecular formula is C32H32FN5O. The summed E-state index contributed by atoms with van der Waals surface area (Å²) in [4.78, 5) is 12.4. The first-order chi connectivity index (χ1) is 19.1. The van der Waals surface area contributed by atoms with Crippen molar-refractivity contribution in [1.82, 2.24) is 14.5 Å². The summed E-state index contributed by atoms with van der Waals surface area (Å²) < 4.78 is 22.6. The molecule has 0 bridgehead atoms. The number of halogens is 1. The largest absolute Gasteiger partial charge is 0.378 e. The highest BCUT2D eigenvalue weighted by Crippen LogP contribution is 2.41. The van der Waals surface area contributed by atoms with Gasteiger partial charge in [-0.15, -0.1) is 0 Å². The summed E-state index contributed by atoms with van der Waals surface area (Å²) in [7, 11) is 0. The van der Waals surface area contributed by atoms with Crippen LogP contribution in [0.3, 0.4) is 0 Å². The van der Waals surface area contributed by atoms with Crippen molar-refractivity contribution < 1.29 is 9.13 Å². The van der Waals surface area contributed by atoms with Crippen molar-refractivity contribution in [2.75, 3.05) is 31.2 Å². The van der Waals surface area contributed by atoms with Crippen LogP contribution in [0, 0.1) is 5.82 Å². The Hall–Kier alpha value is -3.81. The fourth-order valence-corrected chi connectivity index (χ4v) is 6.00. The minimum absolute atomic E-state index is 0.162. The van der Waals surface area contributed by atoms with Crippen molar-refractivity contribution in [3.63, 3.8) is 0 Å². The van der Waals surface area contributed by atoms with E-state index in [2.05, 4.69) is 41.3 Å². The number of nitrogens with zero attached hydrogens (tertiary/aromatic N) is 4. The number of fused-ring (bicyclic) bond motifs is 1. The highest BCUT2D eigenvalue weighted by atomic mass is 19.1. The highest BCUT2D eigenvalue weighted by molar-refractivity contribution is 5.85. The Morgan fingerprint density at radius 1 is 0.897 bits per heavy atom. The number of anilines is 1. The Morgan fingerprint density at radius 3 is 2.49 bits per heavy atom. The van der Waals surface area contributed by atoms with Crippen LogP contribution in [0.2, 0.25) is 0 Å². The lowest BCUT2D eigenvalue weighted by Gasteiger charge is -2.41. The summed E-state index contributed by atoms with van der Waals surface area (Å²) in [5.74, 6) is 0.277. The number of benzene rings is 2. The van der Waals surface area contributed by atoms with Gasteiger partial charge in [-0.3, -0.25) is 4.57 Å². The van der Waals surface area contributed by atoms with E-state index in [-0.39, 0.29) is 11.4 Å². The number of hydrogen-bond donors (Lipinski definition) is 1. The zero-order valence-electron chi connectivity index (χ0n) is 21.9. The average molecular weight is 522 g/mol. The first-order valence-corrected chi connectivity index (χ1v) is 13.9. The van der Waals surface area contributed by atoms with E-state index in [4.69, 9.17) is 20.4 Å². The lowest BCUT2D eigenvalue weighted by atomic mass is 9.70. The minimum Gasteiger partial charge on any atom is -0.378 e. The van der Waals surface area contributed by atoms with Crippen molar-refractivity contribution in [3.05, 3.63) is 84.2 Å². The summed E-state index contributed by atoms with van der Waals surface area (Å²) in [6, 6.07) is 19.3. The number of ether oxygens (including phenoxy) is 1. The van der Waals surface area contributed by atoms with Gasteiger partial charge < -0.3 is 15.4 Å². The van der Waals surface area contributed by atoms with E-state index in [0.717, 1.165) is 85.8 Å². The van der Waals surface area contributed by atoms with Crippen molar-refractivity contribution in [2.24, 2.45) is 5.73 Å². The molecule has 2 aromatic heterocycles. The standard InChI is InChI=1S/C32H32FN5O/c33-27-8-2-1-7-26(27)30-36-29-14-13-28(22-5-3-6-25(21-22)37-17-19-39-20-18-37)35-31(29)38(30)24-11-9-23(10-12-24)32(34)15-4-16-32/h1-3,5-9,11,13-14,21H,4,10,12,15-20,34H2. The average Bonchev–Trinajstić information content (AvgIpc) is 3.35.